The van der Waals surface area contributed by atoms with Gasteiger partial charge in [-0.05, 0) is 80.6 Å². The van der Waals surface area contributed by atoms with Gasteiger partial charge in [0.2, 0.25) is 17.7 Å². The lowest BCUT2D eigenvalue weighted by molar-refractivity contribution is -0.136. The number of nitrogens with zero attached hydrogens (tertiary/aromatic N) is 7. The summed E-state index contributed by atoms with van der Waals surface area (Å²) >= 11 is 0. The predicted octanol–water partition coefficient (Wildman–Crippen LogP) is 3.65. The number of nitrogens with one attached hydrogen (secondary N) is 3. The molecule has 3 aliphatic heterocycles. The minimum Gasteiger partial charge on any atom is -0.457 e. The Morgan fingerprint density at radius 2 is 1.44 bits per heavy atom. The van der Waals surface area contributed by atoms with Gasteiger partial charge in [0.1, 0.15) is 35.4 Å². The SMILES string of the molecule is Nc1ncnc2c1c(-c1ccc(Oc3ccccc3)cc1)nn2C1CCC(N2CCN(CCOCCOCCOCCNC(=O)CNc3cccc4c3C(=O)N(C3CCC(=O)NC3=O)C4=O)CC2)CC1. The summed E-state index contributed by atoms with van der Waals surface area (Å²) in [4.78, 5) is 77.8. The fourth-order valence-corrected chi connectivity index (χ4v) is 9.68. The number of hydrogen-bond acceptors (Lipinski definition) is 16. The van der Waals surface area contributed by atoms with E-state index in [2.05, 4.69) is 40.4 Å². The lowest BCUT2D eigenvalue weighted by atomic mass is 9.90. The summed E-state index contributed by atoms with van der Waals surface area (Å²) in [6.45, 7) is 7.73. The number of carbonyl (C=O) groups excluding carboxylic acids is 5. The summed E-state index contributed by atoms with van der Waals surface area (Å²) in [6, 6.07) is 22.0. The highest BCUT2D eigenvalue weighted by molar-refractivity contribution is 6.25. The van der Waals surface area contributed by atoms with Gasteiger partial charge < -0.3 is 35.3 Å². The number of aromatic nitrogens is 4. The highest BCUT2D eigenvalue weighted by atomic mass is 16.5. The van der Waals surface area contributed by atoms with Gasteiger partial charge in [-0.15, -0.1) is 0 Å². The molecule has 20 heteroatoms. The van der Waals surface area contributed by atoms with Crippen LogP contribution in [-0.2, 0) is 28.6 Å². The van der Waals surface area contributed by atoms with Crippen molar-refractivity contribution >= 4 is 52.1 Å². The molecule has 9 rings (SSSR count). The molecular weight excluding hydrogens is 899 g/mol. The van der Waals surface area contributed by atoms with Gasteiger partial charge in [-0.3, -0.25) is 44.0 Å². The number of para-hydroxylation sites is 1. The van der Waals surface area contributed by atoms with E-state index >= 15 is 0 Å². The number of hydrogen-bond donors (Lipinski definition) is 4. The molecule has 0 radical (unpaired) electrons. The number of anilines is 2. The normalized spacial score (nSPS) is 19.9. The van der Waals surface area contributed by atoms with Crippen molar-refractivity contribution in [3.05, 3.63) is 90.3 Å². The van der Waals surface area contributed by atoms with Gasteiger partial charge in [-0.2, -0.15) is 5.10 Å². The van der Waals surface area contributed by atoms with E-state index in [0.29, 0.717) is 50.6 Å². The molecule has 5 heterocycles. The van der Waals surface area contributed by atoms with Crippen LogP contribution in [0.2, 0.25) is 0 Å². The molecule has 1 unspecified atom stereocenters. The highest BCUT2D eigenvalue weighted by Crippen LogP contribution is 2.38. The molecule has 1 saturated carbocycles. The fraction of sp³-hybridized carbons (Fsp3) is 0.440. The molecule has 0 bridgehead atoms. The van der Waals surface area contributed by atoms with Crippen LogP contribution in [-0.4, -0.2) is 162 Å². The standard InChI is InChI=1S/C50H59N11O9/c51-46-44-45(33-9-15-37(16-10-33)70-36-5-2-1-3-6-36)57-61(47(44)55-32-54-46)35-13-11-34(12-14-35)59-22-20-58(21-23-59)24-26-68-28-30-69-29-27-67-25-19-52-42(63)31-53-39-8-4-7-38-43(39)50(66)60(49(38)65)40-17-18-41(62)56-48(40)64/h1-10,15-16,32,34-35,40,53H,11-14,17-31H2,(H,52,63)(H2,51,54,55)(H,56,62,64). The number of rotatable bonds is 21. The Morgan fingerprint density at radius 1 is 0.743 bits per heavy atom. The first kappa shape index (κ1) is 48.2. The average molecular weight is 958 g/mol. The van der Waals surface area contributed by atoms with E-state index in [1.807, 2.05) is 54.6 Å². The van der Waals surface area contributed by atoms with Gasteiger partial charge >= 0.3 is 0 Å². The summed E-state index contributed by atoms with van der Waals surface area (Å²) in [5.41, 5.74) is 9.46. The van der Waals surface area contributed by atoms with Crippen LogP contribution in [0.4, 0.5) is 11.5 Å². The maximum Gasteiger partial charge on any atom is 0.264 e. The molecule has 3 aromatic carbocycles. The van der Waals surface area contributed by atoms with Crippen LogP contribution in [0.15, 0.2) is 79.1 Å². The number of piperidine rings is 1. The van der Waals surface area contributed by atoms with Crippen LogP contribution >= 0.6 is 0 Å². The van der Waals surface area contributed by atoms with Gasteiger partial charge in [0, 0.05) is 63.0 Å². The summed E-state index contributed by atoms with van der Waals surface area (Å²) in [6.07, 6.45) is 5.84. The number of fused-ring (bicyclic) bond motifs is 2. The maximum atomic E-state index is 13.3. The van der Waals surface area contributed by atoms with Crippen molar-refractivity contribution in [2.45, 2.75) is 56.7 Å². The minimum atomic E-state index is -1.07. The number of piperazine rings is 1. The van der Waals surface area contributed by atoms with Crippen molar-refractivity contribution in [2.24, 2.45) is 0 Å². The van der Waals surface area contributed by atoms with E-state index in [4.69, 9.17) is 29.8 Å². The molecule has 20 nitrogen and oxygen atoms in total. The summed E-state index contributed by atoms with van der Waals surface area (Å²) in [7, 11) is 0. The van der Waals surface area contributed by atoms with Gasteiger partial charge in [0.25, 0.3) is 11.8 Å². The molecule has 368 valence electrons. The van der Waals surface area contributed by atoms with Gasteiger partial charge in [0.15, 0.2) is 5.65 Å². The van der Waals surface area contributed by atoms with Gasteiger partial charge in [-0.25, -0.2) is 14.6 Å². The van der Waals surface area contributed by atoms with Crippen molar-refractivity contribution < 1.29 is 42.9 Å². The molecule has 70 heavy (non-hydrogen) atoms. The van der Waals surface area contributed by atoms with E-state index in [0.717, 1.165) is 97.1 Å². The molecule has 5 aromatic rings. The van der Waals surface area contributed by atoms with E-state index in [-0.39, 0.29) is 55.6 Å². The molecular formula is C50H59N11O9. The smallest absolute Gasteiger partial charge is 0.264 e. The van der Waals surface area contributed by atoms with E-state index in [1.54, 1.807) is 12.1 Å². The monoisotopic (exact) mass is 957 g/mol. The van der Waals surface area contributed by atoms with Crippen molar-refractivity contribution in [1.82, 2.24) is 45.1 Å². The predicted molar refractivity (Wildman–Crippen MR) is 258 cm³/mol. The van der Waals surface area contributed by atoms with Crippen molar-refractivity contribution in [1.29, 1.82) is 0 Å². The number of imide groups is 2. The van der Waals surface area contributed by atoms with Crippen LogP contribution in [0.1, 0.15) is 65.3 Å². The molecule has 4 aliphatic rings. The zero-order valence-electron chi connectivity index (χ0n) is 39.1. The lowest BCUT2D eigenvalue weighted by Crippen LogP contribution is -2.54. The topological polar surface area (TPSA) is 238 Å². The molecule has 5 N–H and O–H groups in total. The lowest BCUT2D eigenvalue weighted by Gasteiger charge is -2.42. The second-order valence-electron chi connectivity index (χ2n) is 17.7. The third-order valence-corrected chi connectivity index (χ3v) is 13.3. The minimum absolute atomic E-state index is 0.0287. The van der Waals surface area contributed by atoms with E-state index in [9.17, 15) is 24.0 Å². The number of nitrogens with two attached hydrogens (primary N) is 1. The third kappa shape index (κ3) is 11.3. The largest absolute Gasteiger partial charge is 0.457 e. The zero-order chi connectivity index (χ0) is 48.4. The van der Waals surface area contributed by atoms with Crippen LogP contribution < -0.4 is 26.4 Å². The van der Waals surface area contributed by atoms with E-state index in [1.165, 1.54) is 12.4 Å². The summed E-state index contributed by atoms with van der Waals surface area (Å²) < 4.78 is 25.2. The van der Waals surface area contributed by atoms with Crippen molar-refractivity contribution in [2.75, 3.05) is 96.5 Å². The van der Waals surface area contributed by atoms with Crippen molar-refractivity contribution in [3.8, 4) is 22.8 Å². The van der Waals surface area contributed by atoms with Gasteiger partial charge in [0.05, 0.1) is 68.7 Å². The Balaban J connectivity index is 0.605. The Labute approximate surface area is 405 Å². The van der Waals surface area contributed by atoms with Crippen LogP contribution in [0.3, 0.4) is 0 Å². The van der Waals surface area contributed by atoms with Crippen LogP contribution in [0, 0.1) is 0 Å². The maximum absolute atomic E-state index is 13.3. The Bertz CT molecular complexity index is 2650. The molecule has 1 aliphatic carbocycles. The first-order valence-corrected chi connectivity index (χ1v) is 24.1. The zero-order valence-corrected chi connectivity index (χ0v) is 39.1. The Morgan fingerprint density at radius 3 is 2.19 bits per heavy atom. The third-order valence-electron chi connectivity index (χ3n) is 13.3. The molecule has 1 atom stereocenters. The molecule has 5 amide bonds. The van der Waals surface area contributed by atoms with Crippen LogP contribution in [0.5, 0.6) is 11.5 Å². The number of amides is 5. The quantitative estimate of drug-likeness (QED) is 0.0607. The van der Waals surface area contributed by atoms with Gasteiger partial charge in [-0.1, -0.05) is 24.3 Å². The number of benzene rings is 3. The van der Waals surface area contributed by atoms with E-state index < -0.39 is 29.7 Å². The molecule has 2 saturated heterocycles. The highest BCUT2D eigenvalue weighted by Gasteiger charge is 2.45. The van der Waals surface area contributed by atoms with Crippen LogP contribution in [0.25, 0.3) is 22.3 Å². The molecule has 3 fully saturated rings. The Hall–Kier alpha value is -6.84. The second kappa shape index (κ2) is 22.7. The number of ether oxygens (including phenoxy) is 4. The van der Waals surface area contributed by atoms with Crippen molar-refractivity contribution in [3.63, 3.8) is 0 Å². The number of carbonyl (C=O) groups is 5. The first-order valence-electron chi connectivity index (χ1n) is 24.1. The summed E-state index contributed by atoms with van der Waals surface area (Å²) in [5.74, 6) is -0.770. The second-order valence-corrected chi connectivity index (χ2v) is 17.7. The fourth-order valence-electron chi connectivity index (χ4n) is 9.68. The summed E-state index contributed by atoms with van der Waals surface area (Å²) in [5, 5.41) is 13.8. The Kier molecular flexibility index (Phi) is 15.6. The molecule has 2 aromatic heterocycles. The molecule has 0 spiro atoms. The number of nitrogen functional groups attached to an aromatic ring is 1. The first-order chi connectivity index (χ1) is 34.2. The average Bonchev–Trinajstić information content (AvgIpc) is 3.89.